The smallest absolute Gasteiger partial charge is 0.340 e. The number of aryl methyl sites for hydroxylation is 2. The summed E-state index contributed by atoms with van der Waals surface area (Å²) in [5, 5.41) is 11.0. The number of non-ortho nitro benzene ring substituents is 1. The van der Waals surface area contributed by atoms with Gasteiger partial charge in [-0.25, -0.2) is 4.79 Å². The van der Waals surface area contributed by atoms with E-state index in [1.165, 1.54) is 43.0 Å². The van der Waals surface area contributed by atoms with Crippen LogP contribution in [0.3, 0.4) is 0 Å². The molecule has 0 spiro atoms. The normalized spacial score (nSPS) is 13.2. The molecule has 7 nitrogen and oxygen atoms in total. The number of ether oxygens (including phenoxy) is 1. The van der Waals surface area contributed by atoms with Gasteiger partial charge in [0.25, 0.3) is 5.69 Å². The second-order valence-corrected chi connectivity index (χ2v) is 6.82. The van der Waals surface area contributed by atoms with E-state index in [0.717, 1.165) is 31.2 Å². The van der Waals surface area contributed by atoms with Gasteiger partial charge in [0.1, 0.15) is 0 Å². The molecule has 3 aromatic rings. The number of nitrogens with zero attached hydrogens (tertiary/aromatic N) is 2. The number of ketones is 1. The number of aromatic nitrogens is 1. The topological polar surface area (TPSA) is 90.9 Å². The maximum atomic E-state index is 13.1. The largest absolute Gasteiger partial charge is 0.465 e. The summed E-state index contributed by atoms with van der Waals surface area (Å²) < 4.78 is 6.64. The molecule has 0 fully saturated rings. The second kappa shape index (κ2) is 6.92. The van der Waals surface area contributed by atoms with Crippen LogP contribution in [0.5, 0.6) is 0 Å². The number of methoxy groups -OCH3 is 1. The Morgan fingerprint density at radius 1 is 1.14 bits per heavy atom. The van der Waals surface area contributed by atoms with E-state index in [9.17, 15) is 19.7 Å². The van der Waals surface area contributed by atoms with Crippen molar-refractivity contribution in [2.24, 2.45) is 0 Å². The van der Waals surface area contributed by atoms with Gasteiger partial charge >= 0.3 is 5.97 Å². The Bertz CT molecular complexity index is 1130. The molecule has 0 atom stereocenters. The lowest BCUT2D eigenvalue weighted by Gasteiger charge is -2.18. The van der Waals surface area contributed by atoms with Crippen molar-refractivity contribution in [1.29, 1.82) is 0 Å². The van der Waals surface area contributed by atoms with Crippen molar-refractivity contribution < 1.29 is 19.2 Å². The van der Waals surface area contributed by atoms with Crippen molar-refractivity contribution in [3.63, 3.8) is 0 Å². The summed E-state index contributed by atoms with van der Waals surface area (Å²) in [6, 6.07) is 9.10. The van der Waals surface area contributed by atoms with Crippen molar-refractivity contribution in [3.05, 3.63) is 80.7 Å². The summed E-state index contributed by atoms with van der Waals surface area (Å²) in [7, 11) is 1.31. The van der Waals surface area contributed by atoms with Gasteiger partial charge in [-0.2, -0.15) is 0 Å². The van der Waals surface area contributed by atoms with Crippen molar-refractivity contribution in [2.75, 3.05) is 7.11 Å². The van der Waals surface area contributed by atoms with Crippen molar-refractivity contribution >= 4 is 23.0 Å². The molecule has 7 heteroatoms. The highest BCUT2D eigenvalue weighted by Crippen LogP contribution is 2.31. The lowest BCUT2D eigenvalue weighted by Crippen LogP contribution is -2.10. The highest BCUT2D eigenvalue weighted by molar-refractivity contribution is 6.11. The van der Waals surface area contributed by atoms with Crippen LogP contribution in [0.4, 0.5) is 5.69 Å². The van der Waals surface area contributed by atoms with Crippen molar-refractivity contribution in [3.8, 4) is 0 Å². The Balaban J connectivity index is 1.92. The number of carbonyl (C=O) groups excluding carboxylic acids is 2. The molecule has 0 bridgehead atoms. The molecule has 0 saturated heterocycles. The number of carbonyl (C=O) groups is 2. The fourth-order valence-corrected chi connectivity index (χ4v) is 3.88. The van der Waals surface area contributed by atoms with Crippen LogP contribution in [0.25, 0.3) is 5.52 Å². The average molecular weight is 378 g/mol. The van der Waals surface area contributed by atoms with E-state index < -0.39 is 10.9 Å². The summed E-state index contributed by atoms with van der Waals surface area (Å²) in [5.41, 5.74) is 3.60. The molecule has 142 valence electrons. The van der Waals surface area contributed by atoms with E-state index >= 15 is 0 Å². The number of pyridine rings is 1. The van der Waals surface area contributed by atoms with Gasteiger partial charge in [-0.1, -0.05) is 12.1 Å². The minimum absolute atomic E-state index is 0.155. The van der Waals surface area contributed by atoms with E-state index in [4.69, 9.17) is 4.74 Å². The monoisotopic (exact) mass is 378 g/mol. The summed E-state index contributed by atoms with van der Waals surface area (Å²) in [6.45, 7) is 0. The highest BCUT2D eigenvalue weighted by atomic mass is 16.6. The molecule has 28 heavy (non-hydrogen) atoms. The number of nitro groups is 1. The number of benzene rings is 1. The summed E-state index contributed by atoms with van der Waals surface area (Å²) in [6.07, 6.45) is 5.67. The molecule has 2 aromatic heterocycles. The van der Waals surface area contributed by atoms with Crippen molar-refractivity contribution in [2.45, 2.75) is 25.7 Å². The molecule has 0 unspecified atom stereocenters. The van der Waals surface area contributed by atoms with Crippen LogP contribution in [-0.4, -0.2) is 28.2 Å². The van der Waals surface area contributed by atoms with Crippen LogP contribution in [0.1, 0.15) is 50.4 Å². The van der Waals surface area contributed by atoms with E-state index in [1.54, 1.807) is 10.6 Å². The highest BCUT2D eigenvalue weighted by Gasteiger charge is 2.25. The summed E-state index contributed by atoms with van der Waals surface area (Å²) in [5.74, 6) is -0.890. The number of esters is 1. The maximum absolute atomic E-state index is 13.1. The van der Waals surface area contributed by atoms with Crippen LogP contribution in [0, 0.1) is 10.1 Å². The molecular weight excluding hydrogens is 360 g/mol. The fraction of sp³-hybridized carbons (Fsp3) is 0.238. The fourth-order valence-electron chi connectivity index (χ4n) is 3.88. The summed E-state index contributed by atoms with van der Waals surface area (Å²) >= 11 is 0. The molecule has 0 radical (unpaired) electrons. The van der Waals surface area contributed by atoms with Crippen LogP contribution in [0.15, 0.2) is 42.6 Å². The molecule has 0 amide bonds. The van der Waals surface area contributed by atoms with E-state index in [-0.39, 0.29) is 22.7 Å². The zero-order valence-electron chi connectivity index (χ0n) is 15.3. The molecule has 1 aliphatic rings. The SMILES string of the molecule is COC(=O)c1cc(C(=O)c2cccc([N+](=O)[O-])c2)n2ccc3c(c12)CCCC3. The zero-order chi connectivity index (χ0) is 19.8. The van der Waals surface area contributed by atoms with Gasteiger partial charge in [-0.05, 0) is 48.9 Å². The minimum Gasteiger partial charge on any atom is -0.465 e. The first-order valence-electron chi connectivity index (χ1n) is 9.04. The Hall–Kier alpha value is -3.48. The molecule has 4 rings (SSSR count). The third kappa shape index (κ3) is 2.85. The van der Waals surface area contributed by atoms with Crippen LogP contribution >= 0.6 is 0 Å². The Morgan fingerprint density at radius 2 is 1.93 bits per heavy atom. The molecule has 2 heterocycles. The van der Waals surface area contributed by atoms with Crippen LogP contribution < -0.4 is 0 Å². The van der Waals surface area contributed by atoms with Crippen molar-refractivity contribution in [1.82, 2.24) is 4.40 Å². The van der Waals surface area contributed by atoms with Gasteiger partial charge in [-0.15, -0.1) is 0 Å². The van der Waals surface area contributed by atoms with Crippen LogP contribution in [0.2, 0.25) is 0 Å². The predicted octanol–water partition coefficient (Wildman–Crippen LogP) is 3.74. The molecule has 0 N–H and O–H groups in total. The van der Waals surface area contributed by atoms with Gasteiger partial charge in [-0.3, -0.25) is 14.9 Å². The molecule has 0 saturated carbocycles. The second-order valence-electron chi connectivity index (χ2n) is 6.82. The van der Waals surface area contributed by atoms with Gasteiger partial charge in [0.05, 0.1) is 28.8 Å². The quantitative estimate of drug-likeness (QED) is 0.298. The number of fused-ring (bicyclic) bond motifs is 3. The number of hydrogen-bond donors (Lipinski definition) is 0. The Kier molecular flexibility index (Phi) is 4.43. The lowest BCUT2D eigenvalue weighted by molar-refractivity contribution is -0.384. The minimum atomic E-state index is -0.538. The molecule has 1 aliphatic carbocycles. The van der Waals surface area contributed by atoms with E-state index in [0.29, 0.717) is 11.1 Å². The third-order valence-corrected chi connectivity index (χ3v) is 5.21. The number of nitro benzene ring substituents is 1. The predicted molar refractivity (Wildman–Crippen MR) is 102 cm³/mol. The first-order chi connectivity index (χ1) is 13.5. The standard InChI is InChI=1S/C21H18N2O5/c1-28-21(25)17-12-18(20(24)14-6-4-7-15(11-14)23(26)27)22-10-9-13-5-2-3-8-16(13)19(17)22/h4,6-7,9-12H,2-3,5,8H2,1H3. The third-order valence-electron chi connectivity index (χ3n) is 5.21. The average Bonchev–Trinajstić information content (AvgIpc) is 3.13. The zero-order valence-corrected chi connectivity index (χ0v) is 15.3. The lowest BCUT2D eigenvalue weighted by atomic mass is 9.91. The van der Waals surface area contributed by atoms with Gasteiger partial charge in [0.2, 0.25) is 5.78 Å². The van der Waals surface area contributed by atoms with Gasteiger partial charge < -0.3 is 9.14 Å². The van der Waals surface area contributed by atoms with E-state index in [1.807, 2.05) is 6.07 Å². The first kappa shape index (κ1) is 17.9. The van der Waals surface area contributed by atoms with E-state index in [2.05, 4.69) is 0 Å². The molecule has 1 aromatic carbocycles. The van der Waals surface area contributed by atoms with Crippen LogP contribution in [-0.2, 0) is 17.6 Å². The first-order valence-corrected chi connectivity index (χ1v) is 9.04. The Morgan fingerprint density at radius 3 is 2.68 bits per heavy atom. The number of rotatable bonds is 4. The van der Waals surface area contributed by atoms with Gasteiger partial charge in [0.15, 0.2) is 0 Å². The molecule has 0 aliphatic heterocycles. The maximum Gasteiger partial charge on any atom is 0.340 e. The van der Waals surface area contributed by atoms with Gasteiger partial charge in [0, 0.05) is 23.9 Å². The number of hydrogen-bond acceptors (Lipinski definition) is 5. The Labute approximate surface area is 160 Å². The molecular formula is C21H18N2O5. The summed E-state index contributed by atoms with van der Waals surface area (Å²) in [4.78, 5) is 36.0.